The van der Waals surface area contributed by atoms with E-state index in [0.717, 1.165) is 11.0 Å². The van der Waals surface area contributed by atoms with E-state index in [1.54, 1.807) is 17.0 Å². The standard InChI is InChI=1S/C10H13N3O2/c1-2-15-6-10(14)13-4-3-8-9(13)5-11-7-12-8/h3-5,7,10,14H,2,6H2,1H3. The van der Waals surface area contributed by atoms with Crippen LogP contribution in [0.5, 0.6) is 0 Å². The van der Waals surface area contributed by atoms with Gasteiger partial charge in [0.15, 0.2) is 6.23 Å². The Morgan fingerprint density at radius 1 is 1.60 bits per heavy atom. The Kier molecular flexibility index (Phi) is 2.94. The first-order chi connectivity index (χ1) is 7.33. The lowest BCUT2D eigenvalue weighted by Crippen LogP contribution is -2.14. The molecule has 80 valence electrons. The second-order valence-corrected chi connectivity index (χ2v) is 3.16. The van der Waals surface area contributed by atoms with Crippen LogP contribution in [0.25, 0.3) is 11.0 Å². The normalized spacial score (nSPS) is 13.2. The van der Waals surface area contributed by atoms with Crippen molar-refractivity contribution in [2.45, 2.75) is 13.2 Å². The first-order valence-electron chi connectivity index (χ1n) is 4.85. The number of rotatable bonds is 4. The molecule has 1 atom stereocenters. The monoisotopic (exact) mass is 207 g/mol. The van der Waals surface area contributed by atoms with Crippen LogP contribution in [0.15, 0.2) is 24.8 Å². The molecule has 0 spiro atoms. The summed E-state index contributed by atoms with van der Waals surface area (Å²) < 4.78 is 6.86. The Morgan fingerprint density at radius 2 is 2.47 bits per heavy atom. The predicted molar refractivity (Wildman–Crippen MR) is 55.3 cm³/mol. The Morgan fingerprint density at radius 3 is 3.27 bits per heavy atom. The molecule has 0 aliphatic heterocycles. The molecule has 0 aliphatic rings. The van der Waals surface area contributed by atoms with E-state index >= 15 is 0 Å². The maximum absolute atomic E-state index is 9.82. The van der Waals surface area contributed by atoms with Gasteiger partial charge in [-0.15, -0.1) is 0 Å². The third-order valence-electron chi connectivity index (χ3n) is 2.19. The van der Waals surface area contributed by atoms with Gasteiger partial charge in [0, 0.05) is 12.8 Å². The summed E-state index contributed by atoms with van der Waals surface area (Å²) in [5, 5.41) is 9.82. The van der Waals surface area contributed by atoms with Gasteiger partial charge in [0.2, 0.25) is 0 Å². The number of hydrogen-bond donors (Lipinski definition) is 1. The highest BCUT2D eigenvalue weighted by molar-refractivity contribution is 5.74. The summed E-state index contributed by atoms with van der Waals surface area (Å²) in [6.45, 7) is 2.76. The van der Waals surface area contributed by atoms with Crippen molar-refractivity contribution in [3.8, 4) is 0 Å². The smallest absolute Gasteiger partial charge is 0.154 e. The van der Waals surface area contributed by atoms with Crippen molar-refractivity contribution in [3.63, 3.8) is 0 Å². The lowest BCUT2D eigenvalue weighted by Gasteiger charge is -2.13. The molecule has 0 aromatic carbocycles. The lowest BCUT2D eigenvalue weighted by molar-refractivity contribution is 0.00310. The van der Waals surface area contributed by atoms with Crippen molar-refractivity contribution in [3.05, 3.63) is 24.8 Å². The number of aliphatic hydroxyl groups excluding tert-OH is 1. The summed E-state index contributed by atoms with van der Waals surface area (Å²) in [5.41, 5.74) is 1.63. The number of hydrogen-bond acceptors (Lipinski definition) is 4. The largest absolute Gasteiger partial charge is 0.377 e. The van der Waals surface area contributed by atoms with Gasteiger partial charge < -0.3 is 14.4 Å². The first-order valence-corrected chi connectivity index (χ1v) is 4.85. The van der Waals surface area contributed by atoms with E-state index in [0.29, 0.717) is 6.61 Å². The average molecular weight is 207 g/mol. The highest BCUT2D eigenvalue weighted by Crippen LogP contribution is 2.15. The Hall–Kier alpha value is -1.46. The minimum Gasteiger partial charge on any atom is -0.377 e. The van der Waals surface area contributed by atoms with Gasteiger partial charge in [-0.25, -0.2) is 9.97 Å². The highest BCUT2D eigenvalue weighted by atomic mass is 16.5. The molecule has 0 fully saturated rings. The zero-order valence-corrected chi connectivity index (χ0v) is 8.50. The van der Waals surface area contributed by atoms with Crippen LogP contribution in [0.3, 0.4) is 0 Å². The molecule has 0 bridgehead atoms. The maximum Gasteiger partial charge on any atom is 0.154 e. The predicted octanol–water partition coefficient (Wildman–Crippen LogP) is 0.959. The molecule has 2 rings (SSSR count). The summed E-state index contributed by atoms with van der Waals surface area (Å²) in [6, 6.07) is 1.84. The fourth-order valence-corrected chi connectivity index (χ4v) is 1.45. The molecular formula is C10H13N3O2. The molecule has 0 saturated heterocycles. The third kappa shape index (κ3) is 1.98. The molecule has 0 radical (unpaired) electrons. The van der Waals surface area contributed by atoms with Gasteiger partial charge in [0.05, 0.1) is 23.8 Å². The second-order valence-electron chi connectivity index (χ2n) is 3.16. The van der Waals surface area contributed by atoms with Crippen LogP contribution < -0.4 is 0 Å². The fraction of sp³-hybridized carbons (Fsp3) is 0.400. The molecule has 2 aromatic heterocycles. The number of aromatic nitrogens is 3. The molecule has 2 aromatic rings. The molecular weight excluding hydrogens is 194 g/mol. The van der Waals surface area contributed by atoms with Crippen LogP contribution >= 0.6 is 0 Å². The molecule has 5 nitrogen and oxygen atoms in total. The molecule has 0 aliphatic carbocycles. The van der Waals surface area contributed by atoms with Crippen LogP contribution in [0.4, 0.5) is 0 Å². The molecule has 1 unspecified atom stereocenters. The van der Waals surface area contributed by atoms with E-state index in [-0.39, 0.29) is 6.61 Å². The topological polar surface area (TPSA) is 60.2 Å². The number of ether oxygens (including phenoxy) is 1. The Bertz CT molecular complexity index is 441. The molecule has 2 heterocycles. The van der Waals surface area contributed by atoms with Gasteiger partial charge in [0.25, 0.3) is 0 Å². The summed E-state index contributed by atoms with van der Waals surface area (Å²) >= 11 is 0. The number of aliphatic hydroxyl groups is 1. The van der Waals surface area contributed by atoms with E-state index in [4.69, 9.17) is 4.74 Å². The molecule has 0 saturated carbocycles. The highest BCUT2D eigenvalue weighted by Gasteiger charge is 2.09. The second kappa shape index (κ2) is 4.37. The summed E-state index contributed by atoms with van der Waals surface area (Å²) in [6.07, 6.45) is 4.26. The van der Waals surface area contributed by atoms with Gasteiger partial charge in [-0.05, 0) is 13.0 Å². The first kappa shape index (κ1) is 10.1. The Labute approximate surface area is 87.3 Å². The van der Waals surface area contributed by atoms with E-state index < -0.39 is 6.23 Å². The minimum atomic E-state index is -0.687. The van der Waals surface area contributed by atoms with Gasteiger partial charge in [-0.1, -0.05) is 0 Å². The maximum atomic E-state index is 9.82. The summed E-state index contributed by atoms with van der Waals surface area (Å²) in [5.74, 6) is 0. The zero-order chi connectivity index (χ0) is 10.7. The van der Waals surface area contributed by atoms with Crippen LogP contribution in [-0.4, -0.2) is 32.9 Å². The van der Waals surface area contributed by atoms with Gasteiger partial charge in [0.1, 0.15) is 6.33 Å². The van der Waals surface area contributed by atoms with Crippen molar-refractivity contribution < 1.29 is 9.84 Å². The summed E-state index contributed by atoms with van der Waals surface area (Å²) in [7, 11) is 0. The van der Waals surface area contributed by atoms with Crippen molar-refractivity contribution >= 4 is 11.0 Å². The van der Waals surface area contributed by atoms with Gasteiger partial charge >= 0.3 is 0 Å². The summed E-state index contributed by atoms with van der Waals surface area (Å²) in [4.78, 5) is 8.01. The quantitative estimate of drug-likeness (QED) is 0.811. The average Bonchev–Trinajstić information content (AvgIpc) is 2.69. The van der Waals surface area contributed by atoms with Crippen LogP contribution in [0, 0.1) is 0 Å². The molecule has 1 N–H and O–H groups in total. The van der Waals surface area contributed by atoms with Crippen molar-refractivity contribution in [2.75, 3.05) is 13.2 Å². The van der Waals surface area contributed by atoms with Crippen molar-refractivity contribution in [2.24, 2.45) is 0 Å². The minimum absolute atomic E-state index is 0.273. The van der Waals surface area contributed by atoms with Crippen LogP contribution in [0.2, 0.25) is 0 Å². The van der Waals surface area contributed by atoms with E-state index in [9.17, 15) is 5.11 Å². The SMILES string of the molecule is CCOCC(O)n1ccc2ncncc21. The third-order valence-corrected chi connectivity index (χ3v) is 2.19. The van der Waals surface area contributed by atoms with Crippen LogP contribution in [-0.2, 0) is 4.74 Å². The molecule has 15 heavy (non-hydrogen) atoms. The van der Waals surface area contributed by atoms with E-state index in [2.05, 4.69) is 9.97 Å². The zero-order valence-electron chi connectivity index (χ0n) is 8.50. The van der Waals surface area contributed by atoms with Gasteiger partial charge in [-0.2, -0.15) is 0 Å². The number of nitrogens with zero attached hydrogens (tertiary/aromatic N) is 3. The van der Waals surface area contributed by atoms with Crippen molar-refractivity contribution in [1.82, 2.24) is 14.5 Å². The lowest BCUT2D eigenvalue weighted by atomic mass is 10.4. The van der Waals surface area contributed by atoms with Gasteiger partial charge in [-0.3, -0.25) is 0 Å². The molecule has 5 heteroatoms. The fourth-order valence-electron chi connectivity index (χ4n) is 1.45. The molecule has 0 amide bonds. The van der Waals surface area contributed by atoms with E-state index in [1.165, 1.54) is 6.33 Å². The van der Waals surface area contributed by atoms with Crippen LogP contribution in [0.1, 0.15) is 13.2 Å². The number of fused-ring (bicyclic) bond motifs is 1. The van der Waals surface area contributed by atoms with E-state index in [1.807, 2.05) is 13.0 Å². The van der Waals surface area contributed by atoms with Crippen molar-refractivity contribution in [1.29, 1.82) is 0 Å². The Balaban J connectivity index is 2.27.